The van der Waals surface area contributed by atoms with Gasteiger partial charge in [-0.15, -0.1) is 0 Å². The van der Waals surface area contributed by atoms with Crippen molar-refractivity contribution in [3.05, 3.63) is 88.6 Å². The minimum Gasteiger partial charge on any atom is -0.481 e. The van der Waals surface area contributed by atoms with Crippen LogP contribution in [0.15, 0.2) is 66.9 Å². The molecule has 0 unspecified atom stereocenters. The molecular weight excluding hydrogens is 400 g/mol. The number of fused-ring (bicyclic) bond motifs is 3. The quantitative estimate of drug-likeness (QED) is 0.588. The zero-order valence-corrected chi connectivity index (χ0v) is 17.2. The third-order valence-electron chi connectivity index (χ3n) is 5.04. The topological polar surface area (TPSA) is 60.5 Å². The number of hydrogen-bond donors (Lipinski definition) is 1. The second-order valence-electron chi connectivity index (χ2n) is 6.86. The van der Waals surface area contributed by atoms with E-state index in [-0.39, 0.29) is 12.5 Å². The smallest absolute Gasteiger partial charge is 0.407 e. The Kier molecular flexibility index (Phi) is 6.00. The van der Waals surface area contributed by atoms with E-state index in [1.807, 2.05) is 24.3 Å². The number of rotatable bonds is 6. The Balaban J connectivity index is 1.34. The number of nitrogens with one attached hydrogen (secondary N) is 1. The van der Waals surface area contributed by atoms with Crippen molar-refractivity contribution in [2.24, 2.45) is 0 Å². The fourth-order valence-electron chi connectivity index (χ4n) is 3.71. The first-order chi connectivity index (χ1) is 14.7. The summed E-state index contributed by atoms with van der Waals surface area (Å²) in [6.07, 6.45) is 4.64. The molecule has 1 aliphatic carbocycles. The fourth-order valence-corrected chi connectivity index (χ4v) is 3.88. The number of amides is 1. The molecule has 0 radical (unpaired) electrons. The molecule has 152 valence electrons. The second kappa shape index (κ2) is 9.01. The number of methoxy groups -OCH3 is 1. The summed E-state index contributed by atoms with van der Waals surface area (Å²) in [5, 5.41) is 3.25. The molecule has 0 bridgehead atoms. The van der Waals surface area contributed by atoms with Crippen molar-refractivity contribution < 1.29 is 14.3 Å². The molecule has 0 aliphatic heterocycles. The molecule has 1 heterocycles. The highest BCUT2D eigenvalue weighted by molar-refractivity contribution is 6.30. The number of pyridine rings is 1. The predicted octanol–water partition coefficient (Wildman–Crippen LogP) is 5.30. The number of hydrogen-bond acceptors (Lipinski definition) is 4. The third-order valence-corrected chi connectivity index (χ3v) is 5.25. The molecule has 30 heavy (non-hydrogen) atoms. The maximum atomic E-state index is 12.2. The van der Waals surface area contributed by atoms with Crippen LogP contribution in [0.25, 0.3) is 17.2 Å². The van der Waals surface area contributed by atoms with Crippen molar-refractivity contribution in [3.8, 4) is 17.0 Å². The highest BCUT2D eigenvalue weighted by Gasteiger charge is 2.28. The molecule has 5 nitrogen and oxygen atoms in total. The van der Waals surface area contributed by atoms with E-state index < -0.39 is 6.09 Å². The number of ether oxygens (including phenoxy) is 2. The lowest BCUT2D eigenvalue weighted by Crippen LogP contribution is -2.26. The number of benzene rings is 2. The van der Waals surface area contributed by atoms with Crippen LogP contribution in [-0.2, 0) is 4.74 Å². The number of carbonyl (C=O) groups is 1. The first-order valence-electron chi connectivity index (χ1n) is 9.62. The van der Waals surface area contributed by atoms with E-state index in [9.17, 15) is 4.79 Å². The van der Waals surface area contributed by atoms with Gasteiger partial charge in [0.1, 0.15) is 6.61 Å². The molecule has 6 heteroatoms. The average molecular weight is 421 g/mol. The minimum absolute atomic E-state index is 0.0421. The Bertz CT molecular complexity index is 1050. The van der Waals surface area contributed by atoms with Gasteiger partial charge in [0, 0.05) is 24.2 Å². The molecule has 1 N–H and O–H groups in total. The van der Waals surface area contributed by atoms with Crippen LogP contribution < -0.4 is 10.1 Å². The number of alkyl carbamates (subject to hydrolysis) is 1. The van der Waals surface area contributed by atoms with Gasteiger partial charge in [0.05, 0.1) is 12.1 Å². The predicted molar refractivity (Wildman–Crippen MR) is 118 cm³/mol. The number of nitrogens with zero attached hydrogens (tertiary/aromatic N) is 1. The Morgan fingerprint density at radius 1 is 1.13 bits per heavy atom. The van der Waals surface area contributed by atoms with Crippen molar-refractivity contribution in [3.63, 3.8) is 0 Å². The zero-order valence-electron chi connectivity index (χ0n) is 16.5. The van der Waals surface area contributed by atoms with Gasteiger partial charge in [-0.25, -0.2) is 9.78 Å². The van der Waals surface area contributed by atoms with Crippen LogP contribution >= 0.6 is 11.6 Å². The lowest BCUT2D eigenvalue weighted by atomic mass is 9.98. The van der Waals surface area contributed by atoms with Gasteiger partial charge in [0.25, 0.3) is 0 Å². The van der Waals surface area contributed by atoms with Crippen molar-refractivity contribution in [2.45, 2.75) is 5.92 Å². The van der Waals surface area contributed by atoms with E-state index in [1.54, 1.807) is 25.3 Å². The number of carbonyl (C=O) groups excluding carboxylic acids is 1. The lowest BCUT2D eigenvalue weighted by molar-refractivity contribution is 0.144. The summed E-state index contributed by atoms with van der Waals surface area (Å²) in [4.78, 5) is 16.3. The van der Waals surface area contributed by atoms with Crippen molar-refractivity contribution in [2.75, 3.05) is 20.3 Å². The Morgan fingerprint density at radius 3 is 2.47 bits per heavy atom. The molecule has 0 atom stereocenters. The van der Waals surface area contributed by atoms with Crippen LogP contribution in [0.1, 0.15) is 22.6 Å². The van der Waals surface area contributed by atoms with Crippen LogP contribution in [0.4, 0.5) is 4.79 Å². The first kappa shape index (κ1) is 20.0. The maximum Gasteiger partial charge on any atom is 0.407 e. The van der Waals surface area contributed by atoms with E-state index in [1.165, 1.54) is 28.5 Å². The molecule has 1 aliphatic rings. The molecule has 0 saturated carbocycles. The zero-order chi connectivity index (χ0) is 20.9. The van der Waals surface area contributed by atoms with E-state index in [0.29, 0.717) is 17.4 Å². The van der Waals surface area contributed by atoms with Crippen LogP contribution in [0.2, 0.25) is 5.02 Å². The highest BCUT2D eigenvalue weighted by atomic mass is 35.5. The summed E-state index contributed by atoms with van der Waals surface area (Å²) in [6, 6.07) is 18.2. The van der Waals surface area contributed by atoms with Gasteiger partial charge < -0.3 is 14.8 Å². The molecule has 0 fully saturated rings. The van der Waals surface area contributed by atoms with Gasteiger partial charge in [0.15, 0.2) is 0 Å². The number of halogens is 1. The van der Waals surface area contributed by atoms with Gasteiger partial charge in [-0.3, -0.25) is 0 Å². The summed E-state index contributed by atoms with van der Waals surface area (Å²) in [6.45, 7) is 0.599. The van der Waals surface area contributed by atoms with Gasteiger partial charge in [0.2, 0.25) is 5.88 Å². The van der Waals surface area contributed by atoms with Crippen molar-refractivity contribution >= 4 is 23.8 Å². The summed E-state index contributed by atoms with van der Waals surface area (Å²) < 4.78 is 10.7. The molecule has 0 saturated heterocycles. The largest absolute Gasteiger partial charge is 0.481 e. The normalized spacial score (nSPS) is 12.5. The van der Waals surface area contributed by atoms with Gasteiger partial charge >= 0.3 is 6.09 Å². The van der Waals surface area contributed by atoms with Crippen LogP contribution in [0.5, 0.6) is 5.88 Å². The van der Waals surface area contributed by atoms with E-state index in [0.717, 1.165) is 5.56 Å². The Hall–Kier alpha value is -3.31. The lowest BCUT2D eigenvalue weighted by Gasteiger charge is -2.14. The third kappa shape index (κ3) is 4.16. The fraction of sp³-hybridized carbons (Fsp3) is 0.167. The molecule has 0 spiro atoms. The average Bonchev–Trinajstić information content (AvgIpc) is 3.09. The molecule has 1 aromatic heterocycles. The van der Waals surface area contributed by atoms with E-state index in [4.69, 9.17) is 21.1 Å². The summed E-state index contributed by atoms with van der Waals surface area (Å²) in [7, 11) is 1.54. The van der Waals surface area contributed by atoms with Gasteiger partial charge in [-0.1, -0.05) is 72.3 Å². The van der Waals surface area contributed by atoms with Crippen LogP contribution in [-0.4, -0.2) is 31.3 Å². The maximum absolute atomic E-state index is 12.2. The molecular formula is C24H21ClN2O3. The second-order valence-corrected chi connectivity index (χ2v) is 7.30. The summed E-state index contributed by atoms with van der Waals surface area (Å²) in [5.41, 5.74) is 5.52. The molecule has 3 aromatic rings. The summed E-state index contributed by atoms with van der Waals surface area (Å²) in [5.74, 6) is 0.511. The van der Waals surface area contributed by atoms with Gasteiger partial charge in [-0.05, 0) is 28.3 Å². The standard InChI is InChI=1S/C24H21ClN2O3/c1-29-23-16(13-17(25)14-27-23)7-6-12-26-24(28)30-15-22-20-10-4-2-8-18(20)19-9-3-5-11-21(19)22/h2-11,13-14,22H,12,15H2,1H3,(H,26,28). The van der Waals surface area contributed by atoms with E-state index in [2.05, 4.69) is 34.6 Å². The number of aromatic nitrogens is 1. The first-order valence-corrected chi connectivity index (χ1v) is 10.00. The minimum atomic E-state index is -0.460. The monoisotopic (exact) mass is 420 g/mol. The SMILES string of the molecule is COc1ncc(Cl)cc1C=CCNC(=O)OCC1c2ccccc2-c2ccccc21. The van der Waals surface area contributed by atoms with E-state index >= 15 is 0 Å². The molecule has 1 amide bonds. The highest BCUT2D eigenvalue weighted by Crippen LogP contribution is 2.44. The summed E-state index contributed by atoms with van der Waals surface area (Å²) >= 11 is 5.97. The Morgan fingerprint density at radius 2 is 1.80 bits per heavy atom. The van der Waals surface area contributed by atoms with Crippen LogP contribution in [0.3, 0.4) is 0 Å². The van der Waals surface area contributed by atoms with Crippen molar-refractivity contribution in [1.29, 1.82) is 0 Å². The van der Waals surface area contributed by atoms with Crippen LogP contribution in [0, 0.1) is 0 Å². The molecule has 2 aromatic carbocycles. The van der Waals surface area contributed by atoms with Gasteiger partial charge in [-0.2, -0.15) is 0 Å². The molecule has 4 rings (SSSR count). The Labute approximate surface area is 180 Å². The van der Waals surface area contributed by atoms with Crippen molar-refractivity contribution in [1.82, 2.24) is 10.3 Å².